The van der Waals surface area contributed by atoms with E-state index < -0.39 is 21.9 Å². The third kappa shape index (κ3) is 2.10. The van der Waals surface area contributed by atoms with Crippen LogP contribution in [0.3, 0.4) is 0 Å². The highest BCUT2D eigenvalue weighted by molar-refractivity contribution is 7.89. The average molecular weight is 257 g/mol. The lowest BCUT2D eigenvalue weighted by Gasteiger charge is -2.27. The number of nitrogens with two attached hydrogens (primary N) is 1. The number of benzene rings is 1. The van der Waals surface area contributed by atoms with Crippen LogP contribution in [0.1, 0.15) is 11.6 Å². The number of aliphatic imine (C=N–C) groups is 1. The molecule has 0 saturated carbocycles. The van der Waals surface area contributed by atoms with E-state index in [-0.39, 0.29) is 17.3 Å². The summed E-state index contributed by atoms with van der Waals surface area (Å²) in [5.41, 5.74) is 5.75. The van der Waals surface area contributed by atoms with Crippen molar-refractivity contribution in [2.75, 3.05) is 12.8 Å². The molecule has 1 aliphatic rings. The first kappa shape index (κ1) is 11.8. The standard InChI is InChI=1S/C10H12FN3O2S/c1-14-10(12)13-9(6-17(14,15)16)7-4-2-3-5-8(7)11/h2-5,9H,6H2,1H3,(H2,12,13)/t9-/m0/s1. The molecular formula is C10H12FN3O2S. The van der Waals surface area contributed by atoms with E-state index in [4.69, 9.17) is 5.73 Å². The Morgan fingerprint density at radius 3 is 2.71 bits per heavy atom. The Bertz CT molecular complexity index is 571. The summed E-state index contributed by atoms with van der Waals surface area (Å²) in [5, 5.41) is 0. The number of nitrogens with zero attached hydrogens (tertiary/aromatic N) is 2. The fraction of sp³-hybridized carbons (Fsp3) is 0.300. The number of sulfonamides is 1. The van der Waals surface area contributed by atoms with Crippen LogP contribution in [0, 0.1) is 5.82 Å². The fourth-order valence-electron chi connectivity index (χ4n) is 1.64. The van der Waals surface area contributed by atoms with Crippen molar-refractivity contribution >= 4 is 16.0 Å². The second-order valence-electron chi connectivity index (χ2n) is 3.77. The van der Waals surface area contributed by atoms with Crippen molar-refractivity contribution < 1.29 is 12.8 Å². The summed E-state index contributed by atoms with van der Waals surface area (Å²) in [6.45, 7) is 0. The van der Waals surface area contributed by atoms with E-state index in [2.05, 4.69) is 4.99 Å². The molecule has 17 heavy (non-hydrogen) atoms. The van der Waals surface area contributed by atoms with Gasteiger partial charge in [-0.3, -0.25) is 0 Å². The maximum absolute atomic E-state index is 13.5. The van der Waals surface area contributed by atoms with E-state index in [9.17, 15) is 12.8 Å². The van der Waals surface area contributed by atoms with Crippen LogP contribution < -0.4 is 5.73 Å². The second-order valence-corrected chi connectivity index (χ2v) is 5.82. The molecule has 1 aromatic rings. The van der Waals surface area contributed by atoms with E-state index in [0.717, 1.165) is 4.31 Å². The van der Waals surface area contributed by atoms with Crippen molar-refractivity contribution in [2.24, 2.45) is 10.7 Å². The minimum atomic E-state index is -3.51. The van der Waals surface area contributed by atoms with Gasteiger partial charge in [-0.05, 0) is 6.07 Å². The average Bonchev–Trinajstić information content (AvgIpc) is 2.26. The molecule has 92 valence electrons. The fourth-order valence-corrected chi connectivity index (χ4v) is 2.85. The lowest BCUT2D eigenvalue weighted by molar-refractivity contribution is 0.525. The molecule has 1 heterocycles. The van der Waals surface area contributed by atoms with Crippen LogP contribution in [-0.2, 0) is 10.0 Å². The SMILES string of the molecule is CN1C(N)=N[C@H](c2ccccc2F)CS1(=O)=O. The van der Waals surface area contributed by atoms with Crippen LogP contribution in [-0.4, -0.2) is 31.5 Å². The first-order chi connectivity index (χ1) is 7.92. The van der Waals surface area contributed by atoms with Gasteiger partial charge in [0.15, 0.2) is 0 Å². The third-order valence-corrected chi connectivity index (χ3v) is 4.42. The molecule has 0 saturated heterocycles. The molecule has 0 radical (unpaired) electrons. The maximum atomic E-state index is 13.5. The topological polar surface area (TPSA) is 75.8 Å². The molecule has 5 nitrogen and oxygen atoms in total. The summed E-state index contributed by atoms with van der Waals surface area (Å²) in [5.74, 6) is -0.871. The Kier molecular flexibility index (Phi) is 2.78. The number of hydrogen-bond donors (Lipinski definition) is 1. The Labute approximate surface area is 98.8 Å². The van der Waals surface area contributed by atoms with Gasteiger partial charge in [0.25, 0.3) is 0 Å². The molecule has 0 unspecified atom stereocenters. The molecule has 2 rings (SSSR count). The van der Waals surface area contributed by atoms with Gasteiger partial charge in [-0.25, -0.2) is 22.1 Å². The smallest absolute Gasteiger partial charge is 0.239 e. The van der Waals surface area contributed by atoms with Crippen LogP contribution in [0.2, 0.25) is 0 Å². The normalized spacial score (nSPS) is 23.3. The van der Waals surface area contributed by atoms with Gasteiger partial charge in [0.2, 0.25) is 16.0 Å². The Morgan fingerprint density at radius 1 is 1.47 bits per heavy atom. The van der Waals surface area contributed by atoms with Crippen LogP contribution in [0.4, 0.5) is 4.39 Å². The van der Waals surface area contributed by atoms with Gasteiger partial charge in [-0.1, -0.05) is 18.2 Å². The van der Waals surface area contributed by atoms with Gasteiger partial charge in [-0.2, -0.15) is 0 Å². The maximum Gasteiger partial charge on any atom is 0.239 e. The zero-order valence-electron chi connectivity index (χ0n) is 9.17. The van der Waals surface area contributed by atoms with Gasteiger partial charge >= 0.3 is 0 Å². The van der Waals surface area contributed by atoms with Gasteiger partial charge in [0, 0.05) is 12.6 Å². The van der Waals surface area contributed by atoms with Gasteiger partial charge in [0.05, 0.1) is 11.8 Å². The van der Waals surface area contributed by atoms with Crippen molar-refractivity contribution in [1.29, 1.82) is 0 Å². The van der Waals surface area contributed by atoms with Crippen LogP contribution >= 0.6 is 0 Å². The molecule has 0 bridgehead atoms. The molecule has 2 N–H and O–H groups in total. The molecule has 1 aliphatic heterocycles. The lowest BCUT2D eigenvalue weighted by Crippen LogP contribution is -2.45. The molecule has 0 amide bonds. The highest BCUT2D eigenvalue weighted by atomic mass is 32.2. The largest absolute Gasteiger partial charge is 0.369 e. The second kappa shape index (κ2) is 3.99. The van der Waals surface area contributed by atoms with E-state index >= 15 is 0 Å². The molecule has 0 spiro atoms. The number of rotatable bonds is 1. The number of hydrogen-bond acceptors (Lipinski definition) is 4. The Morgan fingerprint density at radius 2 is 2.12 bits per heavy atom. The first-order valence-corrected chi connectivity index (χ1v) is 6.57. The highest BCUT2D eigenvalue weighted by Crippen LogP contribution is 2.26. The van der Waals surface area contributed by atoms with Crippen molar-refractivity contribution in [3.05, 3.63) is 35.6 Å². The van der Waals surface area contributed by atoms with Crippen molar-refractivity contribution in [3.63, 3.8) is 0 Å². The minimum absolute atomic E-state index is 0.121. The van der Waals surface area contributed by atoms with E-state index in [1.165, 1.54) is 25.2 Å². The number of guanidine groups is 1. The molecule has 0 fully saturated rings. The monoisotopic (exact) mass is 257 g/mol. The van der Waals surface area contributed by atoms with Crippen LogP contribution in [0.15, 0.2) is 29.3 Å². The molecule has 1 aromatic carbocycles. The summed E-state index contributed by atoms with van der Waals surface area (Å²) in [4.78, 5) is 3.99. The van der Waals surface area contributed by atoms with Gasteiger partial charge < -0.3 is 5.73 Å². The molecular weight excluding hydrogens is 245 g/mol. The predicted molar refractivity (Wildman–Crippen MR) is 62.3 cm³/mol. The molecule has 0 aliphatic carbocycles. The van der Waals surface area contributed by atoms with Crippen molar-refractivity contribution in [3.8, 4) is 0 Å². The zero-order valence-corrected chi connectivity index (χ0v) is 9.98. The Hall–Kier alpha value is -1.63. The quantitative estimate of drug-likeness (QED) is 0.794. The molecule has 0 aromatic heterocycles. The summed E-state index contributed by atoms with van der Waals surface area (Å²) in [6, 6.07) is 5.17. The highest BCUT2D eigenvalue weighted by Gasteiger charge is 2.32. The number of halogens is 1. The van der Waals surface area contributed by atoms with Crippen molar-refractivity contribution in [1.82, 2.24) is 4.31 Å². The van der Waals surface area contributed by atoms with Gasteiger partial charge in [0.1, 0.15) is 5.82 Å². The third-order valence-electron chi connectivity index (χ3n) is 2.66. The van der Waals surface area contributed by atoms with Crippen LogP contribution in [0.25, 0.3) is 0 Å². The summed E-state index contributed by atoms with van der Waals surface area (Å²) in [7, 11) is -2.19. The van der Waals surface area contributed by atoms with Gasteiger partial charge in [-0.15, -0.1) is 0 Å². The summed E-state index contributed by atoms with van der Waals surface area (Å²) < 4.78 is 37.9. The predicted octanol–water partition coefficient (Wildman–Crippen LogP) is 0.457. The molecule has 7 heteroatoms. The lowest BCUT2D eigenvalue weighted by atomic mass is 10.1. The minimum Gasteiger partial charge on any atom is -0.369 e. The summed E-state index contributed by atoms with van der Waals surface area (Å²) in [6.07, 6.45) is 0. The van der Waals surface area contributed by atoms with E-state index in [0.29, 0.717) is 0 Å². The first-order valence-electron chi connectivity index (χ1n) is 4.96. The Balaban J connectivity index is 2.46. The van der Waals surface area contributed by atoms with Crippen LogP contribution in [0.5, 0.6) is 0 Å². The van der Waals surface area contributed by atoms with Crippen molar-refractivity contribution in [2.45, 2.75) is 6.04 Å². The summed E-state index contributed by atoms with van der Waals surface area (Å²) >= 11 is 0. The van der Waals surface area contributed by atoms with E-state index in [1.807, 2.05) is 0 Å². The van der Waals surface area contributed by atoms with E-state index in [1.54, 1.807) is 6.07 Å². The zero-order chi connectivity index (χ0) is 12.6. The molecule has 1 atom stereocenters.